The van der Waals surface area contributed by atoms with Crippen LogP contribution in [-0.4, -0.2) is 50.0 Å². The summed E-state index contributed by atoms with van der Waals surface area (Å²) in [6.07, 6.45) is 2.51. The van der Waals surface area contributed by atoms with Crippen molar-refractivity contribution in [3.05, 3.63) is 65.7 Å². The Hall–Kier alpha value is -2.87. The maximum absolute atomic E-state index is 13.2. The Morgan fingerprint density at radius 2 is 1.56 bits per heavy atom. The number of carbonyl (C=O) groups excluding carboxylic acids is 2. The highest BCUT2D eigenvalue weighted by molar-refractivity contribution is 7.92. The van der Waals surface area contributed by atoms with E-state index in [4.69, 9.17) is 0 Å². The molecule has 0 unspecified atom stereocenters. The summed E-state index contributed by atoms with van der Waals surface area (Å²) in [7, 11) is -3.50. The van der Waals surface area contributed by atoms with Crippen LogP contribution in [0.3, 0.4) is 0 Å². The van der Waals surface area contributed by atoms with Gasteiger partial charge in [0.2, 0.25) is 21.8 Å². The molecule has 0 bridgehead atoms. The van der Waals surface area contributed by atoms with Gasteiger partial charge in [0, 0.05) is 25.6 Å². The summed E-state index contributed by atoms with van der Waals surface area (Å²) in [5.74, 6) is -0.405. The van der Waals surface area contributed by atoms with Crippen molar-refractivity contribution in [2.75, 3.05) is 17.1 Å². The first-order chi connectivity index (χ1) is 16.0. The number of anilines is 1. The summed E-state index contributed by atoms with van der Waals surface area (Å²) < 4.78 is 26.2. The molecular formula is C26H37N3O4S. The van der Waals surface area contributed by atoms with E-state index < -0.39 is 16.1 Å². The van der Waals surface area contributed by atoms with E-state index in [1.54, 1.807) is 24.0 Å². The molecule has 1 N–H and O–H groups in total. The van der Waals surface area contributed by atoms with Crippen molar-refractivity contribution in [2.45, 2.75) is 65.6 Å². The zero-order valence-electron chi connectivity index (χ0n) is 20.8. The summed E-state index contributed by atoms with van der Waals surface area (Å²) in [6.45, 7) is 8.00. The van der Waals surface area contributed by atoms with Crippen molar-refractivity contribution in [2.24, 2.45) is 0 Å². The van der Waals surface area contributed by atoms with E-state index >= 15 is 0 Å². The molecule has 8 heteroatoms. The van der Waals surface area contributed by atoms with Gasteiger partial charge in [-0.3, -0.25) is 13.9 Å². The lowest BCUT2D eigenvalue weighted by molar-refractivity contribution is -0.140. The van der Waals surface area contributed by atoms with Crippen molar-refractivity contribution in [3.8, 4) is 0 Å². The highest BCUT2D eigenvalue weighted by Gasteiger charge is 2.27. The van der Waals surface area contributed by atoms with Gasteiger partial charge >= 0.3 is 0 Å². The fraction of sp³-hybridized carbons (Fsp3) is 0.462. The Morgan fingerprint density at radius 1 is 0.941 bits per heavy atom. The van der Waals surface area contributed by atoms with Gasteiger partial charge in [-0.25, -0.2) is 8.42 Å². The van der Waals surface area contributed by atoms with Crippen LogP contribution in [-0.2, 0) is 32.6 Å². The Labute approximate surface area is 204 Å². The Morgan fingerprint density at radius 3 is 2.09 bits per heavy atom. The summed E-state index contributed by atoms with van der Waals surface area (Å²) >= 11 is 0. The molecule has 7 nitrogen and oxygen atoms in total. The van der Waals surface area contributed by atoms with Gasteiger partial charge in [0.15, 0.2) is 0 Å². The lowest BCUT2D eigenvalue weighted by Gasteiger charge is -2.30. The molecule has 2 amide bonds. The monoisotopic (exact) mass is 487 g/mol. The van der Waals surface area contributed by atoms with E-state index in [-0.39, 0.29) is 30.8 Å². The van der Waals surface area contributed by atoms with Crippen molar-refractivity contribution < 1.29 is 18.0 Å². The number of amides is 2. The zero-order chi connectivity index (χ0) is 25.3. The summed E-state index contributed by atoms with van der Waals surface area (Å²) in [4.78, 5) is 27.4. The Kier molecular flexibility index (Phi) is 10.1. The van der Waals surface area contributed by atoms with Crippen LogP contribution in [0.5, 0.6) is 0 Å². The second-order valence-corrected chi connectivity index (χ2v) is 10.7. The number of sulfonamides is 1. The van der Waals surface area contributed by atoms with Gasteiger partial charge in [-0.05, 0) is 56.9 Å². The molecule has 0 spiro atoms. The van der Waals surface area contributed by atoms with Gasteiger partial charge in [0.25, 0.3) is 0 Å². The highest BCUT2D eigenvalue weighted by atomic mass is 32.2. The smallest absolute Gasteiger partial charge is 0.242 e. The van der Waals surface area contributed by atoms with E-state index in [0.29, 0.717) is 18.7 Å². The number of benzene rings is 2. The first kappa shape index (κ1) is 27.4. The molecule has 186 valence electrons. The van der Waals surface area contributed by atoms with Crippen molar-refractivity contribution in [1.29, 1.82) is 0 Å². The number of hydrogen-bond acceptors (Lipinski definition) is 4. The van der Waals surface area contributed by atoms with Crippen LogP contribution in [0.4, 0.5) is 5.69 Å². The lowest BCUT2D eigenvalue weighted by atomic mass is 10.1. The van der Waals surface area contributed by atoms with E-state index in [0.717, 1.165) is 17.5 Å². The minimum absolute atomic E-state index is 0.0361. The largest absolute Gasteiger partial charge is 0.352 e. The molecule has 0 aromatic heterocycles. The third-order valence-corrected chi connectivity index (χ3v) is 6.77. The maximum Gasteiger partial charge on any atom is 0.242 e. The molecular weight excluding hydrogens is 450 g/mol. The van der Waals surface area contributed by atoms with Crippen molar-refractivity contribution >= 4 is 27.5 Å². The SMILES string of the molecule is CCc1ccc(N(CCCC(=O)N(Cc2ccccc2)[C@@H](C)C(=O)NC(C)C)S(C)(=O)=O)cc1. The van der Waals surface area contributed by atoms with Crippen LogP contribution in [0, 0.1) is 0 Å². The molecule has 0 aliphatic rings. The summed E-state index contributed by atoms with van der Waals surface area (Å²) in [5, 5.41) is 2.87. The highest BCUT2D eigenvalue weighted by Crippen LogP contribution is 2.20. The summed E-state index contributed by atoms with van der Waals surface area (Å²) in [5.41, 5.74) is 2.63. The zero-order valence-corrected chi connectivity index (χ0v) is 21.6. The van der Waals surface area contributed by atoms with Crippen LogP contribution in [0.25, 0.3) is 0 Å². The quantitative estimate of drug-likeness (QED) is 0.494. The van der Waals surface area contributed by atoms with Gasteiger partial charge in [-0.1, -0.05) is 49.4 Å². The first-order valence-electron chi connectivity index (χ1n) is 11.7. The third kappa shape index (κ3) is 8.17. The van der Waals surface area contributed by atoms with Crippen molar-refractivity contribution in [3.63, 3.8) is 0 Å². The molecule has 34 heavy (non-hydrogen) atoms. The fourth-order valence-electron chi connectivity index (χ4n) is 3.67. The molecule has 2 aromatic carbocycles. The molecule has 2 rings (SSSR count). The molecule has 0 saturated carbocycles. The van der Waals surface area contributed by atoms with Crippen LogP contribution in [0.2, 0.25) is 0 Å². The molecule has 1 atom stereocenters. The number of carbonyl (C=O) groups is 2. The average Bonchev–Trinajstić information content (AvgIpc) is 2.79. The number of rotatable bonds is 12. The van der Waals surface area contributed by atoms with Crippen LogP contribution in [0.1, 0.15) is 51.7 Å². The second kappa shape index (κ2) is 12.6. The third-order valence-electron chi connectivity index (χ3n) is 5.58. The number of hydrogen-bond donors (Lipinski definition) is 1. The predicted molar refractivity (Wildman–Crippen MR) is 137 cm³/mol. The Bertz CT molecular complexity index is 1040. The number of nitrogens with one attached hydrogen (secondary N) is 1. The molecule has 0 saturated heterocycles. The molecule has 0 aliphatic carbocycles. The van der Waals surface area contributed by atoms with Gasteiger partial charge in [0.1, 0.15) is 6.04 Å². The Balaban J connectivity index is 2.13. The second-order valence-electron chi connectivity index (χ2n) is 8.81. The standard InChI is InChI=1S/C26H37N3O4S/c1-6-22-14-16-24(17-15-22)29(34(5,32)33)18-10-13-25(30)28(19-23-11-8-7-9-12-23)21(4)26(31)27-20(2)3/h7-9,11-12,14-17,20-21H,6,10,13,18-19H2,1-5H3,(H,27,31)/t21-/m0/s1. The normalized spacial score (nSPS) is 12.3. The van der Waals surface area contributed by atoms with E-state index in [2.05, 4.69) is 5.32 Å². The van der Waals surface area contributed by atoms with Crippen molar-refractivity contribution in [1.82, 2.24) is 10.2 Å². The van der Waals surface area contributed by atoms with Crippen LogP contribution in [0.15, 0.2) is 54.6 Å². The van der Waals surface area contributed by atoms with Gasteiger partial charge in [-0.2, -0.15) is 0 Å². The minimum Gasteiger partial charge on any atom is -0.352 e. The molecule has 0 aliphatic heterocycles. The predicted octanol–water partition coefficient (Wildman–Crippen LogP) is 3.74. The van der Waals surface area contributed by atoms with Gasteiger partial charge < -0.3 is 10.2 Å². The van der Waals surface area contributed by atoms with Crippen LogP contribution < -0.4 is 9.62 Å². The van der Waals surface area contributed by atoms with E-state index in [1.165, 1.54) is 10.6 Å². The van der Waals surface area contributed by atoms with Gasteiger partial charge in [0.05, 0.1) is 11.9 Å². The molecule has 0 heterocycles. The van der Waals surface area contributed by atoms with E-state index in [9.17, 15) is 18.0 Å². The topological polar surface area (TPSA) is 86.8 Å². The molecule has 0 radical (unpaired) electrons. The minimum atomic E-state index is -3.50. The average molecular weight is 488 g/mol. The van der Waals surface area contributed by atoms with E-state index in [1.807, 2.05) is 63.2 Å². The van der Waals surface area contributed by atoms with Gasteiger partial charge in [-0.15, -0.1) is 0 Å². The fourth-order valence-corrected chi connectivity index (χ4v) is 4.64. The lowest BCUT2D eigenvalue weighted by Crippen LogP contribution is -2.49. The molecule has 2 aromatic rings. The first-order valence-corrected chi connectivity index (χ1v) is 13.6. The number of aryl methyl sites for hydroxylation is 1. The molecule has 0 fully saturated rings. The van der Waals surface area contributed by atoms with Crippen LogP contribution >= 0.6 is 0 Å². The number of nitrogens with zero attached hydrogens (tertiary/aromatic N) is 2. The maximum atomic E-state index is 13.2. The summed E-state index contributed by atoms with van der Waals surface area (Å²) in [6, 6.07) is 16.2.